The van der Waals surface area contributed by atoms with Crippen LogP contribution in [0.1, 0.15) is 64.2 Å². The minimum atomic E-state index is -0.747. The van der Waals surface area contributed by atoms with Gasteiger partial charge in [-0.1, -0.05) is 25.7 Å². The van der Waals surface area contributed by atoms with Crippen LogP contribution in [0.15, 0.2) is 0 Å². The summed E-state index contributed by atoms with van der Waals surface area (Å²) in [5, 5.41) is 9.22. The molecule has 4 nitrogen and oxygen atoms in total. The summed E-state index contributed by atoms with van der Waals surface area (Å²) in [5.41, 5.74) is -0.265. The van der Waals surface area contributed by atoms with Crippen LogP contribution >= 0.6 is 0 Å². The highest BCUT2D eigenvalue weighted by molar-refractivity contribution is 5.78. The first-order valence-corrected chi connectivity index (χ1v) is 8.58. The lowest BCUT2D eigenvalue weighted by atomic mass is 9.69. The second-order valence-corrected chi connectivity index (χ2v) is 7.56. The van der Waals surface area contributed by atoms with E-state index in [0.717, 1.165) is 50.6 Å². The Morgan fingerprint density at radius 1 is 0.952 bits per heavy atom. The molecular weight excluding hydrogens is 266 g/mol. The Hall–Kier alpha value is -1.06. The average molecular weight is 293 g/mol. The van der Waals surface area contributed by atoms with E-state index < -0.39 is 5.97 Å². The Balaban J connectivity index is 1.62. The van der Waals surface area contributed by atoms with Gasteiger partial charge in [0.15, 0.2) is 0 Å². The molecule has 1 amide bonds. The molecule has 1 aliphatic heterocycles. The highest BCUT2D eigenvalue weighted by atomic mass is 16.4. The summed E-state index contributed by atoms with van der Waals surface area (Å²) in [6.07, 6.45) is 9.64. The van der Waals surface area contributed by atoms with Crippen LogP contribution in [0.4, 0.5) is 0 Å². The number of nitrogens with zero attached hydrogens (tertiary/aromatic N) is 1. The van der Waals surface area contributed by atoms with Crippen LogP contribution in [0.25, 0.3) is 0 Å². The molecule has 3 rings (SSSR count). The minimum Gasteiger partial charge on any atom is -0.481 e. The molecule has 0 aromatic carbocycles. The number of hydrogen-bond donors (Lipinski definition) is 1. The van der Waals surface area contributed by atoms with Gasteiger partial charge < -0.3 is 10.0 Å². The number of carboxylic acid groups (broad SMARTS) is 1. The van der Waals surface area contributed by atoms with Crippen molar-refractivity contribution in [1.29, 1.82) is 0 Å². The maximum atomic E-state index is 12.7. The van der Waals surface area contributed by atoms with Crippen LogP contribution in [0, 0.1) is 17.3 Å². The monoisotopic (exact) mass is 293 g/mol. The van der Waals surface area contributed by atoms with E-state index in [-0.39, 0.29) is 17.7 Å². The van der Waals surface area contributed by atoms with Crippen LogP contribution in [0.3, 0.4) is 0 Å². The number of hydrogen-bond acceptors (Lipinski definition) is 2. The zero-order valence-corrected chi connectivity index (χ0v) is 12.9. The van der Waals surface area contributed by atoms with E-state index in [1.807, 2.05) is 4.90 Å². The molecule has 1 heterocycles. The van der Waals surface area contributed by atoms with Gasteiger partial charge >= 0.3 is 5.97 Å². The molecule has 0 aromatic rings. The fourth-order valence-corrected chi connectivity index (χ4v) is 4.91. The molecule has 21 heavy (non-hydrogen) atoms. The van der Waals surface area contributed by atoms with E-state index >= 15 is 0 Å². The van der Waals surface area contributed by atoms with Gasteiger partial charge in [0, 0.05) is 19.5 Å². The zero-order chi connectivity index (χ0) is 14.9. The van der Waals surface area contributed by atoms with Gasteiger partial charge in [0.2, 0.25) is 5.91 Å². The third-order valence-electron chi connectivity index (χ3n) is 6.05. The Morgan fingerprint density at radius 2 is 1.57 bits per heavy atom. The topological polar surface area (TPSA) is 57.6 Å². The molecule has 0 aromatic heterocycles. The molecule has 2 aliphatic carbocycles. The lowest BCUT2D eigenvalue weighted by molar-refractivity contribution is -0.142. The van der Waals surface area contributed by atoms with Gasteiger partial charge in [-0.25, -0.2) is 0 Å². The Labute approximate surface area is 126 Å². The molecule has 3 fully saturated rings. The van der Waals surface area contributed by atoms with Crippen LogP contribution in [0.2, 0.25) is 0 Å². The van der Waals surface area contributed by atoms with Crippen molar-refractivity contribution in [2.45, 2.75) is 64.2 Å². The predicted octanol–water partition coefficient (Wildman–Crippen LogP) is 3.06. The van der Waals surface area contributed by atoms with E-state index in [2.05, 4.69) is 0 Å². The van der Waals surface area contributed by atoms with Crippen molar-refractivity contribution in [2.24, 2.45) is 17.3 Å². The Kier molecular flexibility index (Phi) is 4.23. The van der Waals surface area contributed by atoms with E-state index in [4.69, 9.17) is 0 Å². The number of rotatable bonds is 4. The van der Waals surface area contributed by atoms with Crippen molar-refractivity contribution < 1.29 is 14.7 Å². The highest BCUT2D eigenvalue weighted by Gasteiger charge is 2.42. The van der Waals surface area contributed by atoms with E-state index in [9.17, 15) is 14.7 Å². The maximum Gasteiger partial charge on any atom is 0.303 e. The van der Waals surface area contributed by atoms with Crippen LogP contribution in [-0.2, 0) is 9.59 Å². The van der Waals surface area contributed by atoms with Gasteiger partial charge in [-0.15, -0.1) is 0 Å². The Morgan fingerprint density at radius 3 is 2.14 bits per heavy atom. The molecule has 0 spiro atoms. The van der Waals surface area contributed by atoms with Crippen molar-refractivity contribution in [3.8, 4) is 0 Å². The van der Waals surface area contributed by atoms with E-state index in [1.54, 1.807) is 0 Å². The number of amides is 1. The number of carbonyl (C=O) groups is 2. The fourth-order valence-electron chi connectivity index (χ4n) is 4.91. The molecule has 1 N–H and O–H groups in total. The van der Waals surface area contributed by atoms with Gasteiger partial charge in [0.1, 0.15) is 0 Å². The maximum absolute atomic E-state index is 12.7. The number of carbonyl (C=O) groups excluding carboxylic acids is 1. The van der Waals surface area contributed by atoms with Crippen molar-refractivity contribution in [3.63, 3.8) is 0 Å². The largest absolute Gasteiger partial charge is 0.481 e. The molecule has 4 heteroatoms. The number of aliphatic carboxylic acids is 1. The van der Waals surface area contributed by atoms with Gasteiger partial charge in [0.25, 0.3) is 0 Å². The van der Waals surface area contributed by atoms with Gasteiger partial charge in [-0.05, 0) is 42.9 Å². The predicted molar refractivity (Wildman–Crippen MR) is 79.8 cm³/mol. The third-order valence-corrected chi connectivity index (χ3v) is 6.05. The van der Waals surface area contributed by atoms with Gasteiger partial charge in [-0.3, -0.25) is 9.59 Å². The Bertz CT molecular complexity index is 402. The highest BCUT2D eigenvalue weighted by Crippen LogP contribution is 2.44. The molecular formula is C17H27NO3. The minimum absolute atomic E-state index is 0.166. The number of carboxylic acids is 1. The lowest BCUT2D eigenvalue weighted by Crippen LogP contribution is -2.37. The molecule has 0 bridgehead atoms. The van der Waals surface area contributed by atoms with Crippen molar-refractivity contribution in [1.82, 2.24) is 4.90 Å². The normalized spacial score (nSPS) is 31.1. The lowest BCUT2D eigenvalue weighted by Gasteiger charge is -2.36. The smallest absolute Gasteiger partial charge is 0.303 e. The van der Waals surface area contributed by atoms with Gasteiger partial charge in [0.05, 0.1) is 6.42 Å². The van der Waals surface area contributed by atoms with Crippen LogP contribution < -0.4 is 0 Å². The molecule has 0 radical (unpaired) electrons. The molecule has 3 aliphatic rings. The summed E-state index contributed by atoms with van der Waals surface area (Å²) in [7, 11) is 0. The number of fused-ring (bicyclic) bond motifs is 1. The van der Waals surface area contributed by atoms with Crippen LogP contribution in [-0.4, -0.2) is 35.0 Å². The summed E-state index contributed by atoms with van der Waals surface area (Å²) in [6.45, 7) is 1.85. The first-order chi connectivity index (χ1) is 10.1. The second-order valence-electron chi connectivity index (χ2n) is 7.56. The standard InChI is InChI=1S/C17H27NO3/c19-15(18-11-13-5-4-6-14(13)12-18)9-17(10-16(20)21)7-2-1-3-8-17/h13-14H,1-12H2,(H,20,21). The molecule has 1 saturated heterocycles. The molecule has 2 unspecified atom stereocenters. The second kappa shape index (κ2) is 5.98. The first kappa shape index (κ1) is 14.9. The fraction of sp³-hybridized carbons (Fsp3) is 0.882. The van der Waals surface area contributed by atoms with Gasteiger partial charge in [-0.2, -0.15) is 0 Å². The van der Waals surface area contributed by atoms with E-state index in [0.29, 0.717) is 6.42 Å². The summed E-state index contributed by atoms with van der Waals surface area (Å²) in [5.74, 6) is 0.905. The SMILES string of the molecule is O=C(O)CC1(CC(=O)N2CC3CCCC3C2)CCCCC1. The summed E-state index contributed by atoms with van der Waals surface area (Å²) in [6, 6.07) is 0. The molecule has 118 valence electrons. The zero-order valence-electron chi connectivity index (χ0n) is 12.9. The quantitative estimate of drug-likeness (QED) is 0.866. The van der Waals surface area contributed by atoms with Crippen molar-refractivity contribution in [2.75, 3.05) is 13.1 Å². The van der Waals surface area contributed by atoms with Crippen molar-refractivity contribution in [3.05, 3.63) is 0 Å². The summed E-state index contributed by atoms with van der Waals surface area (Å²) in [4.78, 5) is 25.9. The number of likely N-dealkylation sites (tertiary alicyclic amines) is 1. The van der Waals surface area contributed by atoms with Crippen LogP contribution in [0.5, 0.6) is 0 Å². The average Bonchev–Trinajstić information content (AvgIpc) is 2.99. The summed E-state index contributed by atoms with van der Waals surface area (Å²) < 4.78 is 0. The third kappa shape index (κ3) is 3.24. The van der Waals surface area contributed by atoms with Crippen molar-refractivity contribution >= 4 is 11.9 Å². The first-order valence-electron chi connectivity index (χ1n) is 8.58. The van der Waals surface area contributed by atoms with E-state index in [1.165, 1.54) is 25.7 Å². The molecule has 2 atom stereocenters. The summed E-state index contributed by atoms with van der Waals surface area (Å²) >= 11 is 0. The molecule has 2 saturated carbocycles.